The molecule has 32 heavy (non-hydrogen) atoms. The van der Waals surface area contributed by atoms with Gasteiger partial charge in [0.1, 0.15) is 11.9 Å². The Bertz CT molecular complexity index is 1020. The number of carbonyl (C=O) groups is 3. The van der Waals surface area contributed by atoms with Gasteiger partial charge in [0.05, 0.1) is 15.5 Å². The van der Waals surface area contributed by atoms with Gasteiger partial charge in [0, 0.05) is 17.8 Å². The number of esters is 1. The van der Waals surface area contributed by atoms with Crippen LogP contribution in [0.4, 0.5) is 15.8 Å². The molecule has 0 aromatic heterocycles. The number of hydrogen-bond donors (Lipinski definition) is 2. The molecule has 1 atom stereocenters. The molecule has 0 aliphatic heterocycles. The van der Waals surface area contributed by atoms with E-state index in [-0.39, 0.29) is 28.4 Å². The lowest BCUT2D eigenvalue weighted by Crippen LogP contribution is -2.43. The lowest BCUT2D eigenvalue weighted by atomic mass is 10.1. The summed E-state index contributed by atoms with van der Waals surface area (Å²) in [7, 11) is 0. The van der Waals surface area contributed by atoms with Crippen LogP contribution in [0.25, 0.3) is 0 Å². The second kappa shape index (κ2) is 12.0. The van der Waals surface area contributed by atoms with Crippen LogP contribution in [0.3, 0.4) is 0 Å². The molecule has 0 fully saturated rings. The summed E-state index contributed by atoms with van der Waals surface area (Å²) >= 11 is 7.39. The summed E-state index contributed by atoms with van der Waals surface area (Å²) in [4.78, 5) is 47.1. The van der Waals surface area contributed by atoms with E-state index in [0.717, 1.165) is 18.2 Å². The van der Waals surface area contributed by atoms with Crippen molar-refractivity contribution in [2.75, 3.05) is 23.9 Å². The summed E-state index contributed by atoms with van der Waals surface area (Å²) in [6.45, 7) is -0.640. The van der Waals surface area contributed by atoms with Crippen LogP contribution in [0.15, 0.2) is 42.5 Å². The van der Waals surface area contributed by atoms with Crippen molar-refractivity contribution in [2.45, 2.75) is 12.5 Å². The molecule has 0 unspecified atom stereocenters. The maximum Gasteiger partial charge on any atom is 0.329 e. The number of carbonyl (C=O) groups excluding carboxylic acids is 3. The minimum Gasteiger partial charge on any atom is -0.454 e. The van der Waals surface area contributed by atoms with Crippen molar-refractivity contribution in [1.82, 2.24) is 5.32 Å². The van der Waals surface area contributed by atoms with Crippen LogP contribution in [0.1, 0.15) is 16.8 Å². The van der Waals surface area contributed by atoms with Gasteiger partial charge in [-0.2, -0.15) is 11.8 Å². The van der Waals surface area contributed by atoms with E-state index >= 15 is 0 Å². The highest BCUT2D eigenvalue weighted by Crippen LogP contribution is 2.22. The number of ether oxygens (including phenoxy) is 1. The van der Waals surface area contributed by atoms with Crippen molar-refractivity contribution in [3.63, 3.8) is 0 Å². The number of amides is 2. The van der Waals surface area contributed by atoms with Gasteiger partial charge in [-0.05, 0) is 42.7 Å². The number of thioether (sulfide) groups is 1. The Labute approximate surface area is 191 Å². The number of anilines is 1. The molecule has 2 N–H and O–H groups in total. The Kier molecular flexibility index (Phi) is 9.41. The predicted molar refractivity (Wildman–Crippen MR) is 118 cm³/mol. The fourth-order valence-corrected chi connectivity index (χ4v) is 3.25. The van der Waals surface area contributed by atoms with Crippen LogP contribution >= 0.6 is 23.4 Å². The van der Waals surface area contributed by atoms with Gasteiger partial charge in [-0.25, -0.2) is 9.18 Å². The highest BCUT2D eigenvalue weighted by molar-refractivity contribution is 7.98. The third kappa shape index (κ3) is 7.50. The Morgan fingerprint density at radius 2 is 2.00 bits per heavy atom. The number of hydrogen-bond acceptors (Lipinski definition) is 7. The van der Waals surface area contributed by atoms with Gasteiger partial charge in [0.2, 0.25) is 0 Å². The van der Waals surface area contributed by atoms with Gasteiger partial charge in [0.15, 0.2) is 6.61 Å². The summed E-state index contributed by atoms with van der Waals surface area (Å²) in [5.74, 6) is -2.29. The molecule has 0 heterocycles. The number of halogens is 2. The van der Waals surface area contributed by atoms with Crippen molar-refractivity contribution in [2.24, 2.45) is 0 Å². The third-order valence-electron chi connectivity index (χ3n) is 4.06. The SMILES string of the molecule is CSCC[C@@H](NC(=O)c1ccc([N+](=O)[O-])cc1Cl)C(=O)OCC(=O)Nc1cccc(F)c1. The monoisotopic (exact) mass is 483 g/mol. The van der Waals surface area contributed by atoms with Gasteiger partial charge in [-0.15, -0.1) is 0 Å². The van der Waals surface area contributed by atoms with E-state index < -0.39 is 41.2 Å². The highest BCUT2D eigenvalue weighted by atomic mass is 35.5. The maximum absolute atomic E-state index is 13.2. The first-order chi connectivity index (χ1) is 15.2. The van der Waals surface area contributed by atoms with Crippen molar-refractivity contribution in [3.8, 4) is 0 Å². The number of nitrogens with zero attached hydrogens (tertiary/aromatic N) is 1. The first-order valence-electron chi connectivity index (χ1n) is 9.17. The van der Waals surface area contributed by atoms with Crippen LogP contribution in [-0.4, -0.2) is 47.4 Å². The summed E-state index contributed by atoms with van der Waals surface area (Å²) in [5.41, 5.74) is -0.136. The number of benzene rings is 2. The van der Waals surface area contributed by atoms with Crippen LogP contribution < -0.4 is 10.6 Å². The normalized spacial score (nSPS) is 11.3. The van der Waals surface area contributed by atoms with E-state index in [2.05, 4.69) is 10.6 Å². The molecule has 9 nitrogen and oxygen atoms in total. The van der Waals surface area contributed by atoms with Crippen molar-refractivity contribution < 1.29 is 28.4 Å². The van der Waals surface area contributed by atoms with Gasteiger partial charge >= 0.3 is 5.97 Å². The number of nitrogens with one attached hydrogen (secondary N) is 2. The van der Waals surface area contributed by atoms with E-state index in [9.17, 15) is 28.9 Å². The van der Waals surface area contributed by atoms with Crippen LogP contribution in [0.5, 0.6) is 0 Å². The Hall–Kier alpha value is -3.18. The maximum atomic E-state index is 13.2. The van der Waals surface area contributed by atoms with E-state index in [4.69, 9.17) is 16.3 Å². The van der Waals surface area contributed by atoms with Crippen LogP contribution in [0.2, 0.25) is 5.02 Å². The quantitative estimate of drug-likeness (QED) is 0.301. The molecule has 0 aliphatic rings. The molecule has 12 heteroatoms. The van der Waals surface area contributed by atoms with Gasteiger partial charge in [0.25, 0.3) is 17.5 Å². The molecule has 2 rings (SSSR count). The third-order valence-corrected chi connectivity index (χ3v) is 5.02. The number of rotatable bonds is 10. The molecule has 2 aromatic rings. The van der Waals surface area contributed by atoms with Gasteiger partial charge in [-0.3, -0.25) is 19.7 Å². The summed E-state index contributed by atoms with van der Waals surface area (Å²) < 4.78 is 18.2. The second-order valence-corrected chi connectivity index (χ2v) is 7.79. The lowest BCUT2D eigenvalue weighted by Gasteiger charge is -2.17. The number of nitro benzene ring substituents is 1. The standard InChI is InChI=1S/C20H19ClFN3O6S/c1-32-8-7-17(24-19(27)15-6-5-14(25(29)30)10-16(15)21)20(28)31-11-18(26)23-13-4-2-3-12(22)9-13/h2-6,9-10,17H,7-8,11H2,1H3,(H,23,26)(H,24,27)/t17-/m1/s1. The van der Waals surface area contributed by atoms with Crippen molar-refractivity contribution in [3.05, 3.63) is 69.0 Å². The van der Waals surface area contributed by atoms with Crippen molar-refractivity contribution >= 4 is 52.5 Å². The van der Waals surface area contributed by atoms with Crippen LogP contribution in [-0.2, 0) is 14.3 Å². The predicted octanol–water partition coefficient (Wildman–Crippen LogP) is 3.42. The number of nitro groups is 1. The molecule has 170 valence electrons. The molecule has 0 aliphatic carbocycles. The molecule has 0 bridgehead atoms. The topological polar surface area (TPSA) is 128 Å². The van der Waals surface area contributed by atoms with Crippen molar-refractivity contribution in [1.29, 1.82) is 0 Å². The summed E-state index contributed by atoms with van der Waals surface area (Å²) in [5, 5.41) is 15.5. The lowest BCUT2D eigenvalue weighted by molar-refractivity contribution is -0.384. The Morgan fingerprint density at radius 1 is 1.25 bits per heavy atom. The largest absolute Gasteiger partial charge is 0.454 e. The average Bonchev–Trinajstić information content (AvgIpc) is 2.74. The fraction of sp³-hybridized carbons (Fsp3) is 0.250. The number of non-ortho nitro benzene ring substituents is 1. The first-order valence-corrected chi connectivity index (χ1v) is 10.9. The van der Waals surface area contributed by atoms with Gasteiger partial charge < -0.3 is 15.4 Å². The Balaban J connectivity index is 2.00. The first kappa shape index (κ1) is 25.1. The summed E-state index contributed by atoms with van der Waals surface area (Å²) in [6.07, 6.45) is 2.02. The molecule has 2 amide bonds. The smallest absolute Gasteiger partial charge is 0.329 e. The van der Waals surface area contributed by atoms with E-state index in [1.54, 1.807) is 0 Å². The molecule has 0 saturated heterocycles. The molecule has 0 spiro atoms. The summed E-state index contributed by atoms with van der Waals surface area (Å²) in [6, 6.07) is 7.45. The fourth-order valence-electron chi connectivity index (χ4n) is 2.52. The minimum atomic E-state index is -1.08. The van der Waals surface area contributed by atoms with E-state index in [0.29, 0.717) is 5.75 Å². The molecule has 2 aromatic carbocycles. The minimum absolute atomic E-state index is 0.0527. The second-order valence-electron chi connectivity index (χ2n) is 6.40. The molecule has 0 saturated carbocycles. The van der Waals surface area contributed by atoms with Gasteiger partial charge in [-0.1, -0.05) is 17.7 Å². The van der Waals surface area contributed by atoms with E-state index in [1.807, 2.05) is 6.26 Å². The average molecular weight is 484 g/mol. The molecular formula is C20H19ClFN3O6S. The highest BCUT2D eigenvalue weighted by Gasteiger charge is 2.25. The zero-order valence-electron chi connectivity index (χ0n) is 16.8. The van der Waals surface area contributed by atoms with Crippen LogP contribution in [0, 0.1) is 15.9 Å². The molecular weight excluding hydrogens is 465 g/mol. The van der Waals surface area contributed by atoms with E-state index in [1.165, 1.54) is 36.0 Å². The zero-order chi connectivity index (χ0) is 23.7. The zero-order valence-corrected chi connectivity index (χ0v) is 18.4. The Morgan fingerprint density at radius 3 is 2.62 bits per heavy atom. The molecule has 0 radical (unpaired) electrons.